The first-order valence-electron chi connectivity index (χ1n) is 12.2. The molecule has 2 aromatic rings. The number of nitrogens with one attached hydrogen (secondary N) is 2. The molecular formula is C28H40N2O4P+. The molecular weight excluding hydrogens is 459 g/mol. The molecule has 0 aliphatic carbocycles. The van der Waals surface area contributed by atoms with E-state index in [4.69, 9.17) is 0 Å². The van der Waals surface area contributed by atoms with Crippen LogP contribution in [0.3, 0.4) is 0 Å². The van der Waals surface area contributed by atoms with Crippen LogP contribution in [0.1, 0.15) is 57.7 Å². The Bertz CT molecular complexity index is 984. The number of carbonyl (C=O) groups is 2. The van der Waals surface area contributed by atoms with Gasteiger partial charge < -0.3 is 10.6 Å². The minimum absolute atomic E-state index is 0.143. The van der Waals surface area contributed by atoms with Crippen molar-refractivity contribution in [2.45, 2.75) is 65.6 Å². The van der Waals surface area contributed by atoms with Crippen molar-refractivity contribution >= 4 is 19.8 Å². The molecule has 4 unspecified atom stereocenters. The quantitative estimate of drug-likeness (QED) is 0.385. The van der Waals surface area contributed by atoms with Crippen LogP contribution in [0, 0.1) is 17.3 Å². The molecule has 0 radical (unpaired) electrons. The third-order valence-corrected chi connectivity index (χ3v) is 7.30. The van der Waals surface area contributed by atoms with E-state index in [2.05, 4.69) is 22.8 Å². The van der Waals surface area contributed by atoms with E-state index >= 15 is 0 Å². The lowest BCUT2D eigenvalue weighted by Gasteiger charge is -2.31. The summed E-state index contributed by atoms with van der Waals surface area (Å²) in [7, 11) is -1.09. The maximum absolute atomic E-state index is 13.4. The van der Waals surface area contributed by atoms with Crippen LogP contribution in [0.2, 0.25) is 0 Å². The molecule has 0 spiro atoms. The van der Waals surface area contributed by atoms with Crippen molar-refractivity contribution in [1.29, 1.82) is 0 Å². The van der Waals surface area contributed by atoms with Gasteiger partial charge in [0.1, 0.15) is 6.04 Å². The minimum atomic E-state index is -2.62. The summed E-state index contributed by atoms with van der Waals surface area (Å²) in [5.41, 5.74) is 2.01. The summed E-state index contributed by atoms with van der Waals surface area (Å²) in [6, 6.07) is 17.4. The lowest BCUT2D eigenvalue weighted by molar-refractivity contribution is -0.133. The zero-order valence-electron chi connectivity index (χ0n) is 21.7. The molecule has 0 saturated heterocycles. The van der Waals surface area contributed by atoms with E-state index in [0.29, 0.717) is 12.8 Å². The van der Waals surface area contributed by atoms with Crippen molar-refractivity contribution in [3.05, 3.63) is 71.3 Å². The molecule has 0 heterocycles. The highest BCUT2D eigenvalue weighted by atomic mass is 31.1. The predicted molar refractivity (Wildman–Crippen MR) is 141 cm³/mol. The number of carbonyl (C=O) groups excluding carboxylic acids is 2. The van der Waals surface area contributed by atoms with Crippen LogP contribution in [0.15, 0.2) is 54.6 Å². The van der Waals surface area contributed by atoms with Gasteiger partial charge in [0, 0.05) is 13.5 Å². The van der Waals surface area contributed by atoms with Gasteiger partial charge in [0.15, 0.2) is 0 Å². The lowest BCUT2D eigenvalue weighted by Crippen LogP contribution is -2.55. The summed E-state index contributed by atoms with van der Waals surface area (Å²) in [5, 5.41) is 5.49. The van der Waals surface area contributed by atoms with Crippen LogP contribution in [0.4, 0.5) is 0 Å². The number of benzene rings is 2. The van der Waals surface area contributed by atoms with Crippen molar-refractivity contribution in [3.63, 3.8) is 0 Å². The second-order valence-electron chi connectivity index (χ2n) is 10.7. The average Bonchev–Trinajstić information content (AvgIpc) is 2.79. The van der Waals surface area contributed by atoms with Crippen LogP contribution < -0.4 is 10.6 Å². The molecule has 4 atom stereocenters. The second kappa shape index (κ2) is 12.9. The van der Waals surface area contributed by atoms with E-state index in [1.165, 1.54) is 12.6 Å². The molecule has 2 amide bonds. The Morgan fingerprint density at radius 2 is 1.46 bits per heavy atom. The molecule has 0 fully saturated rings. The molecule has 2 rings (SSSR count). The molecule has 3 N–H and O–H groups in total. The van der Waals surface area contributed by atoms with E-state index in [9.17, 15) is 19.0 Å². The minimum Gasteiger partial charge on any atom is -0.357 e. The fourth-order valence-corrected chi connectivity index (χ4v) is 5.19. The smallest absolute Gasteiger partial charge is 0.357 e. The number of amides is 2. The van der Waals surface area contributed by atoms with Gasteiger partial charge in [0.2, 0.25) is 17.5 Å². The van der Waals surface area contributed by atoms with Crippen molar-refractivity contribution in [3.8, 4) is 0 Å². The highest BCUT2D eigenvalue weighted by molar-refractivity contribution is 7.39. The molecule has 35 heavy (non-hydrogen) atoms. The van der Waals surface area contributed by atoms with Crippen LogP contribution in [0.25, 0.3) is 0 Å². The van der Waals surface area contributed by atoms with E-state index in [-0.39, 0.29) is 17.7 Å². The fraction of sp³-hybridized carbons (Fsp3) is 0.500. The first-order valence-corrected chi connectivity index (χ1v) is 13.5. The predicted octanol–water partition coefficient (Wildman–Crippen LogP) is 4.86. The normalized spacial score (nSPS) is 14.7. The Morgan fingerprint density at radius 1 is 0.914 bits per heavy atom. The molecule has 0 aromatic heterocycles. The monoisotopic (exact) mass is 499 g/mol. The molecule has 190 valence electrons. The van der Waals surface area contributed by atoms with Crippen molar-refractivity contribution in [2.24, 2.45) is 17.3 Å². The van der Waals surface area contributed by atoms with Gasteiger partial charge in [-0.2, -0.15) is 4.89 Å². The molecule has 2 aromatic carbocycles. The van der Waals surface area contributed by atoms with Crippen LogP contribution in [-0.2, 0) is 27.0 Å². The molecule has 0 aliphatic heterocycles. The first kappa shape index (κ1) is 28.7. The molecule has 0 saturated carbocycles. The van der Waals surface area contributed by atoms with Gasteiger partial charge in [0.25, 0.3) is 0 Å². The van der Waals surface area contributed by atoms with Crippen molar-refractivity contribution < 1.29 is 19.0 Å². The van der Waals surface area contributed by atoms with Crippen molar-refractivity contribution in [1.82, 2.24) is 10.6 Å². The maximum Gasteiger partial charge on any atom is 0.509 e. The molecule has 0 aliphatic rings. The molecule has 0 bridgehead atoms. The SMILES string of the molecule is CNC(=O)C(NC(=O)C(CC(C)C)C(Cc1ccc(Cc2ccccc2)cc1)[P+](=O)O)C(C)(C)C. The van der Waals surface area contributed by atoms with Crippen molar-refractivity contribution in [2.75, 3.05) is 7.05 Å². The average molecular weight is 500 g/mol. The van der Waals surface area contributed by atoms with Crippen LogP contribution in [0.5, 0.6) is 0 Å². The topological polar surface area (TPSA) is 95.5 Å². The Kier molecular flexibility index (Phi) is 10.6. The van der Waals surface area contributed by atoms with Gasteiger partial charge in [-0.1, -0.05) is 89.2 Å². The third-order valence-electron chi connectivity index (χ3n) is 6.19. The number of likely N-dealkylation sites (N-methyl/N-ethyl adjacent to an activating group) is 1. The van der Waals surface area contributed by atoms with Gasteiger partial charge in [-0.3, -0.25) is 9.59 Å². The van der Waals surface area contributed by atoms with Crippen LogP contribution >= 0.6 is 8.03 Å². The Morgan fingerprint density at radius 3 is 1.94 bits per heavy atom. The van der Waals surface area contributed by atoms with Gasteiger partial charge in [-0.15, -0.1) is 0 Å². The third kappa shape index (κ3) is 8.87. The zero-order chi connectivity index (χ0) is 26.2. The summed E-state index contributed by atoms with van der Waals surface area (Å²) in [6.45, 7) is 9.61. The first-order chi connectivity index (χ1) is 16.4. The summed E-state index contributed by atoms with van der Waals surface area (Å²) in [5.74, 6) is -1.19. The van der Waals surface area contributed by atoms with E-state index in [0.717, 1.165) is 17.5 Å². The highest BCUT2D eigenvalue weighted by Gasteiger charge is 2.44. The fourth-order valence-electron chi connectivity index (χ4n) is 4.26. The summed E-state index contributed by atoms with van der Waals surface area (Å²) in [6.07, 6.45) is 1.57. The standard InChI is InChI=1S/C28H39N2O4P/c1-19(2)16-23(26(31)30-25(27(32)29-6)28(3,4)5)24(35(33)34)18-22-14-12-21(13-15-22)17-20-10-8-7-9-11-20/h7-15,19,23-25H,16-18H2,1-6H3,(H2-,29,30,31,32,33,34)/p+1. The lowest BCUT2D eigenvalue weighted by atomic mass is 9.84. The largest absolute Gasteiger partial charge is 0.509 e. The Hall–Kier alpha value is -2.56. The summed E-state index contributed by atoms with van der Waals surface area (Å²) >= 11 is 0. The summed E-state index contributed by atoms with van der Waals surface area (Å²) < 4.78 is 12.5. The molecule has 6 nitrogen and oxygen atoms in total. The number of hydrogen-bond donors (Lipinski definition) is 3. The Labute approximate surface area is 210 Å². The van der Waals surface area contributed by atoms with Gasteiger partial charge >= 0.3 is 8.03 Å². The zero-order valence-corrected chi connectivity index (χ0v) is 22.6. The van der Waals surface area contributed by atoms with E-state index in [1.54, 1.807) is 0 Å². The maximum atomic E-state index is 13.4. The Balaban J connectivity index is 2.24. The number of hydrogen-bond acceptors (Lipinski definition) is 3. The van der Waals surface area contributed by atoms with E-state index < -0.39 is 31.1 Å². The summed E-state index contributed by atoms with van der Waals surface area (Å²) in [4.78, 5) is 36.1. The highest BCUT2D eigenvalue weighted by Crippen LogP contribution is 2.36. The second-order valence-corrected chi connectivity index (χ2v) is 12.0. The van der Waals surface area contributed by atoms with Gasteiger partial charge in [0.05, 0.1) is 5.92 Å². The van der Waals surface area contributed by atoms with E-state index in [1.807, 2.05) is 77.1 Å². The van der Waals surface area contributed by atoms with Gasteiger partial charge in [-0.05, 0) is 45.4 Å². The van der Waals surface area contributed by atoms with Gasteiger partial charge in [-0.25, -0.2) is 0 Å². The molecule has 7 heteroatoms. The number of rotatable bonds is 11. The van der Waals surface area contributed by atoms with Crippen LogP contribution in [-0.4, -0.2) is 35.5 Å².